The summed E-state index contributed by atoms with van der Waals surface area (Å²) in [7, 11) is 0. The fourth-order valence-corrected chi connectivity index (χ4v) is 5.65. The molecule has 0 radical (unpaired) electrons. The van der Waals surface area contributed by atoms with Crippen LogP contribution in [0.25, 0.3) is 0 Å². The van der Waals surface area contributed by atoms with Gasteiger partial charge in [0.1, 0.15) is 0 Å². The first-order chi connectivity index (χ1) is 15.2. The largest absolute Gasteiger partial charge is 0.297 e. The molecule has 158 valence electrons. The third-order valence-corrected chi connectivity index (χ3v) is 7.57. The predicted molar refractivity (Wildman–Crippen MR) is 131 cm³/mol. The average Bonchev–Trinajstić information content (AvgIpc) is 2.83. The van der Waals surface area contributed by atoms with Crippen molar-refractivity contribution in [2.24, 2.45) is 10.9 Å². The Morgan fingerprint density at radius 3 is 2.00 bits per heavy atom. The third kappa shape index (κ3) is 4.30. The summed E-state index contributed by atoms with van der Waals surface area (Å²) in [5.41, 5.74) is 3.72. The van der Waals surface area contributed by atoms with Gasteiger partial charge in [-0.3, -0.25) is 9.89 Å². The van der Waals surface area contributed by atoms with Crippen LogP contribution >= 0.6 is 23.2 Å². The molecule has 3 aromatic carbocycles. The van der Waals surface area contributed by atoms with Crippen molar-refractivity contribution >= 4 is 29.4 Å². The second-order valence-corrected chi connectivity index (χ2v) is 9.42. The zero-order valence-corrected chi connectivity index (χ0v) is 18.9. The van der Waals surface area contributed by atoms with Crippen molar-refractivity contribution in [3.8, 4) is 0 Å². The molecule has 0 amide bonds. The Labute approximate surface area is 194 Å². The summed E-state index contributed by atoms with van der Waals surface area (Å²) in [6.45, 7) is 2.31. The minimum absolute atomic E-state index is 0.252. The Bertz CT molecular complexity index is 1000. The highest BCUT2D eigenvalue weighted by Gasteiger charge is 2.46. The molecule has 0 saturated carbocycles. The fourth-order valence-electron chi connectivity index (χ4n) is 5.34. The molecule has 3 aliphatic rings. The third-order valence-electron chi connectivity index (χ3n) is 6.83. The van der Waals surface area contributed by atoms with Crippen LogP contribution in [0.15, 0.2) is 83.9 Å². The van der Waals surface area contributed by atoms with Crippen LogP contribution in [0.1, 0.15) is 35.4 Å². The van der Waals surface area contributed by atoms with Gasteiger partial charge in [-0.25, -0.2) is 0 Å². The topological polar surface area (TPSA) is 15.6 Å². The summed E-state index contributed by atoms with van der Waals surface area (Å²) in [6.07, 6.45) is 4.43. The molecule has 3 aliphatic heterocycles. The van der Waals surface area contributed by atoms with Crippen molar-refractivity contribution in [2.45, 2.75) is 30.8 Å². The van der Waals surface area contributed by atoms with E-state index in [1.54, 1.807) is 0 Å². The number of aliphatic imine (C=N–C) groups is 1. The Kier molecular flexibility index (Phi) is 6.13. The van der Waals surface area contributed by atoms with Gasteiger partial charge < -0.3 is 0 Å². The normalized spacial score (nSPS) is 25.4. The van der Waals surface area contributed by atoms with Gasteiger partial charge in [0.15, 0.2) is 0 Å². The summed E-state index contributed by atoms with van der Waals surface area (Å²) < 4.78 is 0. The maximum absolute atomic E-state index is 6.24. The molecule has 2 bridgehead atoms. The lowest BCUT2D eigenvalue weighted by atomic mass is 9.71. The molecule has 3 saturated heterocycles. The molecule has 31 heavy (non-hydrogen) atoms. The van der Waals surface area contributed by atoms with Crippen LogP contribution in [0.5, 0.6) is 0 Å². The number of hydrogen-bond donors (Lipinski definition) is 0. The summed E-state index contributed by atoms with van der Waals surface area (Å²) in [6, 6.07) is 28.2. The van der Waals surface area contributed by atoms with Crippen LogP contribution in [0.3, 0.4) is 0 Å². The van der Waals surface area contributed by atoms with E-state index >= 15 is 0 Å². The van der Waals surface area contributed by atoms with Crippen LogP contribution in [0.2, 0.25) is 10.0 Å². The van der Waals surface area contributed by atoms with Crippen molar-refractivity contribution in [1.29, 1.82) is 0 Å². The minimum Gasteiger partial charge on any atom is -0.297 e. The number of hydrogen-bond acceptors (Lipinski definition) is 2. The molecule has 3 aromatic rings. The number of halogens is 2. The monoisotopic (exact) mass is 448 g/mol. The Morgan fingerprint density at radius 2 is 1.42 bits per heavy atom. The summed E-state index contributed by atoms with van der Waals surface area (Å²) in [5, 5.41) is 1.15. The molecule has 2 atom stereocenters. The fraction of sp³-hybridized carbons (Fsp3) is 0.296. The maximum atomic E-state index is 6.24. The van der Waals surface area contributed by atoms with Crippen molar-refractivity contribution in [3.05, 3.63) is 106 Å². The SMILES string of the molecule is Clc1ccc(C=N[C@@H]2C3CCN(CC3)[C@H]2C(c2ccccc2)c2ccccc2)cc1Cl. The molecule has 0 spiro atoms. The molecule has 3 fully saturated rings. The van der Waals surface area contributed by atoms with Crippen molar-refractivity contribution in [3.63, 3.8) is 0 Å². The van der Waals surface area contributed by atoms with E-state index in [2.05, 4.69) is 65.6 Å². The second-order valence-electron chi connectivity index (χ2n) is 8.61. The van der Waals surface area contributed by atoms with Gasteiger partial charge in [-0.2, -0.15) is 0 Å². The van der Waals surface area contributed by atoms with Gasteiger partial charge in [-0.05, 0) is 60.7 Å². The average molecular weight is 449 g/mol. The lowest BCUT2D eigenvalue weighted by molar-refractivity contribution is 0.0215. The van der Waals surface area contributed by atoms with E-state index in [1.807, 2.05) is 24.4 Å². The highest BCUT2D eigenvalue weighted by Crippen LogP contribution is 2.43. The van der Waals surface area contributed by atoms with E-state index in [0.29, 0.717) is 27.9 Å². The highest BCUT2D eigenvalue weighted by atomic mass is 35.5. The molecule has 2 nitrogen and oxygen atoms in total. The van der Waals surface area contributed by atoms with Gasteiger partial charge in [0.05, 0.1) is 16.1 Å². The number of nitrogens with zero attached hydrogens (tertiary/aromatic N) is 2. The first kappa shape index (κ1) is 20.8. The minimum atomic E-state index is 0.252. The number of benzene rings is 3. The lowest BCUT2D eigenvalue weighted by Gasteiger charge is -2.52. The van der Waals surface area contributed by atoms with Crippen LogP contribution < -0.4 is 0 Å². The molecule has 0 unspecified atom stereocenters. The molecule has 6 rings (SSSR count). The smallest absolute Gasteiger partial charge is 0.0693 e. The van der Waals surface area contributed by atoms with Gasteiger partial charge in [0.25, 0.3) is 0 Å². The quantitative estimate of drug-likeness (QED) is 0.396. The number of fused-ring (bicyclic) bond motifs is 3. The van der Waals surface area contributed by atoms with E-state index in [-0.39, 0.29) is 6.04 Å². The van der Waals surface area contributed by atoms with Gasteiger partial charge in [0.2, 0.25) is 0 Å². The lowest BCUT2D eigenvalue weighted by Crippen LogP contribution is -2.59. The van der Waals surface area contributed by atoms with Gasteiger partial charge in [-0.15, -0.1) is 0 Å². The first-order valence-electron chi connectivity index (χ1n) is 11.0. The highest BCUT2D eigenvalue weighted by molar-refractivity contribution is 6.42. The molecule has 0 N–H and O–H groups in total. The van der Waals surface area contributed by atoms with Crippen LogP contribution in [-0.2, 0) is 0 Å². The zero-order chi connectivity index (χ0) is 21.2. The zero-order valence-electron chi connectivity index (χ0n) is 17.4. The van der Waals surface area contributed by atoms with E-state index in [0.717, 1.165) is 18.7 Å². The van der Waals surface area contributed by atoms with Gasteiger partial charge >= 0.3 is 0 Å². The molecule has 0 aromatic heterocycles. The maximum Gasteiger partial charge on any atom is 0.0693 e. The Balaban J connectivity index is 1.54. The molecular weight excluding hydrogens is 423 g/mol. The summed E-state index contributed by atoms with van der Waals surface area (Å²) in [4.78, 5) is 7.86. The molecular formula is C27H26Cl2N2. The van der Waals surface area contributed by atoms with Crippen LogP contribution in [0.4, 0.5) is 0 Å². The van der Waals surface area contributed by atoms with E-state index < -0.39 is 0 Å². The van der Waals surface area contributed by atoms with E-state index in [1.165, 1.54) is 24.0 Å². The van der Waals surface area contributed by atoms with Gasteiger partial charge in [-0.1, -0.05) is 89.9 Å². The summed E-state index contributed by atoms with van der Waals surface area (Å²) in [5.74, 6) is 0.908. The van der Waals surface area contributed by atoms with Crippen molar-refractivity contribution < 1.29 is 0 Å². The molecule has 4 heteroatoms. The van der Waals surface area contributed by atoms with E-state index in [9.17, 15) is 0 Å². The van der Waals surface area contributed by atoms with Crippen LogP contribution in [-0.4, -0.2) is 36.3 Å². The van der Waals surface area contributed by atoms with Gasteiger partial charge in [0, 0.05) is 18.2 Å². The van der Waals surface area contributed by atoms with E-state index in [4.69, 9.17) is 28.2 Å². The van der Waals surface area contributed by atoms with Crippen LogP contribution in [0, 0.1) is 5.92 Å². The second kappa shape index (κ2) is 9.16. The van der Waals surface area contributed by atoms with Crippen molar-refractivity contribution in [2.75, 3.05) is 13.1 Å². The molecule has 3 heterocycles. The predicted octanol–water partition coefficient (Wildman–Crippen LogP) is 6.71. The summed E-state index contributed by atoms with van der Waals surface area (Å²) >= 11 is 12.3. The Hall–Kier alpha value is -2.13. The Morgan fingerprint density at radius 1 is 0.806 bits per heavy atom. The number of piperidine rings is 3. The first-order valence-corrected chi connectivity index (χ1v) is 11.8. The number of rotatable bonds is 5. The standard InChI is InChI=1S/C27H26Cl2N2/c28-23-12-11-19(17-24(23)29)18-30-26-22-13-15-31(16-14-22)27(26)25(20-7-3-1-4-8-20)21-9-5-2-6-10-21/h1-12,17-18,22,25-27H,13-16H2/t26-,27+/m1/s1. The molecule has 0 aliphatic carbocycles. The van der Waals surface area contributed by atoms with Crippen molar-refractivity contribution in [1.82, 2.24) is 4.90 Å².